The molecule has 2 saturated carbocycles. The van der Waals surface area contributed by atoms with Gasteiger partial charge in [-0.25, -0.2) is 4.98 Å². The second-order valence-electron chi connectivity index (χ2n) is 10.5. The molecule has 0 aliphatic heterocycles. The zero-order valence-corrected chi connectivity index (χ0v) is 22.3. The van der Waals surface area contributed by atoms with E-state index in [2.05, 4.69) is 38.4 Å². The summed E-state index contributed by atoms with van der Waals surface area (Å²) in [5, 5.41) is 17.0. The predicted octanol–water partition coefficient (Wildman–Crippen LogP) is 5.03. The van der Waals surface area contributed by atoms with E-state index < -0.39 is 0 Å². The van der Waals surface area contributed by atoms with Gasteiger partial charge in [-0.15, -0.1) is 0 Å². The summed E-state index contributed by atoms with van der Waals surface area (Å²) in [7, 11) is 1.92. The third-order valence-corrected chi connectivity index (χ3v) is 7.53. The Morgan fingerprint density at radius 3 is 2.50 bits per heavy atom. The monoisotopic (exact) mass is 513 g/mol. The van der Waals surface area contributed by atoms with Crippen LogP contribution in [0.5, 0.6) is 5.75 Å². The molecule has 3 heterocycles. The molecule has 0 radical (unpaired) electrons. The van der Waals surface area contributed by atoms with Crippen LogP contribution in [-0.2, 0) is 7.05 Å². The molecular formula is C29H35N7O2. The zero-order valence-electron chi connectivity index (χ0n) is 22.3. The van der Waals surface area contributed by atoms with E-state index in [0.29, 0.717) is 11.6 Å². The van der Waals surface area contributed by atoms with E-state index in [0.717, 1.165) is 84.5 Å². The number of anilines is 1. The molecule has 1 amide bonds. The van der Waals surface area contributed by atoms with Crippen LogP contribution in [0.4, 0.5) is 5.82 Å². The highest BCUT2D eigenvalue weighted by Gasteiger charge is 2.28. The van der Waals surface area contributed by atoms with E-state index >= 15 is 0 Å². The molecule has 0 saturated heterocycles. The van der Waals surface area contributed by atoms with Crippen LogP contribution in [0.25, 0.3) is 22.2 Å². The van der Waals surface area contributed by atoms with Crippen molar-refractivity contribution >= 4 is 22.6 Å². The van der Waals surface area contributed by atoms with Gasteiger partial charge in [0.25, 0.3) is 5.91 Å². The Hall–Kier alpha value is -3.88. The lowest BCUT2D eigenvalue weighted by Gasteiger charge is -2.29. The van der Waals surface area contributed by atoms with Crippen molar-refractivity contribution in [3.63, 3.8) is 0 Å². The van der Waals surface area contributed by atoms with Crippen LogP contribution < -0.4 is 15.4 Å². The Morgan fingerprint density at radius 1 is 1.08 bits per heavy atom. The van der Waals surface area contributed by atoms with Crippen LogP contribution in [0.3, 0.4) is 0 Å². The van der Waals surface area contributed by atoms with Gasteiger partial charge in [-0.3, -0.25) is 14.2 Å². The molecule has 2 fully saturated rings. The molecule has 0 atom stereocenters. The molecule has 6 rings (SSSR count). The molecule has 2 aliphatic carbocycles. The van der Waals surface area contributed by atoms with Gasteiger partial charge < -0.3 is 15.4 Å². The standard InChI is InChI=1S/C29H35N7O2/c1-4-30-27-15-25-24(16-31-27)28(19-5-7-20(8-6-19)29(37)32-21-9-10-21)34-36(25)22-11-13-23(14-12-22)38-26-17-35(3)33-18(26)2/h5-8,15-17,21-23H,4,9-14H2,1-3H3,(H,30,31)(H,32,37). The number of benzene rings is 1. The number of aromatic nitrogens is 5. The number of aryl methyl sites for hydroxylation is 2. The maximum atomic E-state index is 12.5. The molecule has 3 aromatic heterocycles. The van der Waals surface area contributed by atoms with E-state index in [1.807, 2.05) is 50.6 Å². The number of hydrogen-bond acceptors (Lipinski definition) is 6. The number of amides is 1. The van der Waals surface area contributed by atoms with E-state index in [1.54, 1.807) is 4.68 Å². The number of nitrogens with one attached hydrogen (secondary N) is 2. The Morgan fingerprint density at radius 2 is 1.84 bits per heavy atom. The van der Waals surface area contributed by atoms with Gasteiger partial charge in [-0.1, -0.05) is 12.1 Å². The predicted molar refractivity (Wildman–Crippen MR) is 147 cm³/mol. The second-order valence-corrected chi connectivity index (χ2v) is 10.5. The molecular weight excluding hydrogens is 478 g/mol. The van der Waals surface area contributed by atoms with E-state index in [4.69, 9.17) is 9.84 Å². The largest absolute Gasteiger partial charge is 0.487 e. The fourth-order valence-corrected chi connectivity index (χ4v) is 5.36. The molecule has 2 N–H and O–H groups in total. The average Bonchev–Trinajstić information content (AvgIpc) is 3.57. The third kappa shape index (κ3) is 4.97. The van der Waals surface area contributed by atoms with Gasteiger partial charge >= 0.3 is 0 Å². The molecule has 1 aromatic carbocycles. The van der Waals surface area contributed by atoms with E-state index in [9.17, 15) is 4.79 Å². The summed E-state index contributed by atoms with van der Waals surface area (Å²) in [6, 6.07) is 10.5. The number of carbonyl (C=O) groups is 1. The fourth-order valence-electron chi connectivity index (χ4n) is 5.36. The highest BCUT2D eigenvalue weighted by Crippen LogP contribution is 2.37. The summed E-state index contributed by atoms with van der Waals surface area (Å²) in [5.74, 6) is 1.72. The molecule has 2 aliphatic rings. The van der Waals surface area contributed by atoms with Gasteiger partial charge in [0, 0.05) is 48.4 Å². The quantitative estimate of drug-likeness (QED) is 0.343. The number of fused-ring (bicyclic) bond motifs is 1. The van der Waals surface area contributed by atoms with Crippen molar-refractivity contribution in [2.24, 2.45) is 7.05 Å². The summed E-state index contributed by atoms with van der Waals surface area (Å²) >= 11 is 0. The van der Waals surface area contributed by atoms with Crippen LogP contribution >= 0.6 is 0 Å². The highest BCUT2D eigenvalue weighted by atomic mass is 16.5. The molecule has 0 bridgehead atoms. The lowest BCUT2D eigenvalue weighted by Crippen LogP contribution is -2.26. The number of rotatable bonds is 8. The van der Waals surface area contributed by atoms with Crippen molar-refractivity contribution in [2.75, 3.05) is 11.9 Å². The first-order chi connectivity index (χ1) is 18.5. The molecule has 9 heteroatoms. The van der Waals surface area contributed by atoms with Crippen molar-refractivity contribution in [1.82, 2.24) is 29.9 Å². The second kappa shape index (κ2) is 10.1. The van der Waals surface area contributed by atoms with Crippen molar-refractivity contribution in [3.05, 3.63) is 54.0 Å². The van der Waals surface area contributed by atoms with Crippen LogP contribution in [0.2, 0.25) is 0 Å². The Balaban J connectivity index is 1.25. The van der Waals surface area contributed by atoms with Crippen molar-refractivity contribution < 1.29 is 9.53 Å². The zero-order chi connectivity index (χ0) is 26.2. The van der Waals surface area contributed by atoms with Gasteiger partial charge in [0.15, 0.2) is 5.75 Å². The summed E-state index contributed by atoms with van der Waals surface area (Å²) < 4.78 is 10.3. The molecule has 198 valence electrons. The lowest BCUT2D eigenvalue weighted by molar-refractivity contribution is 0.0951. The lowest BCUT2D eigenvalue weighted by atomic mass is 9.93. The van der Waals surface area contributed by atoms with Crippen LogP contribution in [0, 0.1) is 6.92 Å². The first-order valence-corrected chi connectivity index (χ1v) is 13.7. The number of nitrogens with zero attached hydrogens (tertiary/aromatic N) is 5. The number of hydrogen-bond donors (Lipinski definition) is 2. The average molecular weight is 514 g/mol. The Bertz CT molecular complexity index is 1440. The molecule has 0 spiro atoms. The minimum atomic E-state index is -0.00755. The minimum Gasteiger partial charge on any atom is -0.487 e. The van der Waals surface area contributed by atoms with Gasteiger partial charge in [-0.05, 0) is 64.5 Å². The molecule has 9 nitrogen and oxygen atoms in total. The topological polar surface area (TPSA) is 98.9 Å². The van der Waals surface area contributed by atoms with Crippen LogP contribution in [0.15, 0.2) is 42.7 Å². The fraction of sp³-hybridized carbons (Fsp3) is 0.448. The van der Waals surface area contributed by atoms with Gasteiger partial charge in [0.05, 0.1) is 23.9 Å². The molecule has 4 aromatic rings. The van der Waals surface area contributed by atoms with Crippen molar-refractivity contribution in [1.29, 1.82) is 0 Å². The SMILES string of the molecule is CCNc1cc2c(cn1)c(-c1ccc(C(=O)NC3CC3)cc1)nn2C1CCC(Oc2cn(C)nc2C)CC1. The molecule has 0 unspecified atom stereocenters. The maximum Gasteiger partial charge on any atom is 0.251 e. The van der Waals surface area contributed by atoms with Crippen LogP contribution in [0.1, 0.15) is 67.5 Å². The maximum absolute atomic E-state index is 12.5. The number of ether oxygens (including phenoxy) is 1. The number of pyridine rings is 1. The third-order valence-electron chi connectivity index (χ3n) is 7.53. The van der Waals surface area contributed by atoms with Gasteiger partial charge in [-0.2, -0.15) is 10.2 Å². The first-order valence-electron chi connectivity index (χ1n) is 13.7. The summed E-state index contributed by atoms with van der Waals surface area (Å²) in [4.78, 5) is 17.1. The summed E-state index contributed by atoms with van der Waals surface area (Å²) in [6.07, 6.45) is 10.1. The van der Waals surface area contributed by atoms with Crippen molar-refractivity contribution in [3.8, 4) is 17.0 Å². The number of carbonyl (C=O) groups excluding carboxylic acids is 1. The first kappa shape index (κ1) is 24.5. The molecule has 38 heavy (non-hydrogen) atoms. The van der Waals surface area contributed by atoms with Crippen LogP contribution in [-0.4, -0.2) is 49.1 Å². The highest BCUT2D eigenvalue weighted by molar-refractivity contribution is 5.97. The van der Waals surface area contributed by atoms with Gasteiger partial charge in [0.2, 0.25) is 0 Å². The summed E-state index contributed by atoms with van der Waals surface area (Å²) in [5.41, 5.74) is 4.57. The Kier molecular flexibility index (Phi) is 6.51. The van der Waals surface area contributed by atoms with Gasteiger partial charge in [0.1, 0.15) is 17.2 Å². The van der Waals surface area contributed by atoms with Crippen molar-refractivity contribution in [2.45, 2.75) is 70.6 Å². The smallest absolute Gasteiger partial charge is 0.251 e. The Labute approximate surface area is 222 Å². The van der Waals surface area contributed by atoms with E-state index in [-0.39, 0.29) is 18.1 Å². The minimum absolute atomic E-state index is 0.00755. The summed E-state index contributed by atoms with van der Waals surface area (Å²) in [6.45, 7) is 4.86. The van der Waals surface area contributed by atoms with E-state index in [1.165, 1.54) is 0 Å². The normalized spacial score (nSPS) is 19.4.